The lowest BCUT2D eigenvalue weighted by atomic mass is 9.97. The van der Waals surface area contributed by atoms with Crippen LogP contribution in [0.4, 0.5) is 0 Å². The minimum absolute atomic E-state index is 0.0962. The van der Waals surface area contributed by atoms with E-state index in [4.69, 9.17) is 5.10 Å². The highest BCUT2D eigenvalue weighted by molar-refractivity contribution is 5.37. The lowest BCUT2D eigenvalue weighted by Crippen LogP contribution is -2.39. The van der Waals surface area contributed by atoms with Gasteiger partial charge in [0.25, 0.3) is 0 Å². The van der Waals surface area contributed by atoms with E-state index in [2.05, 4.69) is 88.2 Å². The van der Waals surface area contributed by atoms with E-state index in [1.165, 1.54) is 11.1 Å². The maximum Gasteiger partial charge on any atom is 0.173 e. The fourth-order valence-electron chi connectivity index (χ4n) is 4.94. The van der Waals surface area contributed by atoms with E-state index in [1.807, 2.05) is 44.5 Å². The van der Waals surface area contributed by atoms with E-state index >= 15 is 0 Å². The Balaban J connectivity index is 1.34. The van der Waals surface area contributed by atoms with Crippen molar-refractivity contribution in [3.05, 3.63) is 107 Å². The zero-order chi connectivity index (χ0) is 24.5. The third-order valence-electron chi connectivity index (χ3n) is 6.66. The summed E-state index contributed by atoms with van der Waals surface area (Å²) in [6.45, 7) is 7.46. The Morgan fingerprint density at radius 2 is 1.67 bits per heavy atom. The van der Waals surface area contributed by atoms with E-state index in [9.17, 15) is 0 Å². The second kappa shape index (κ2) is 9.50. The summed E-state index contributed by atoms with van der Waals surface area (Å²) in [4.78, 5) is 2.44. The molecule has 3 aromatic heterocycles. The van der Waals surface area contributed by atoms with E-state index < -0.39 is 0 Å². The summed E-state index contributed by atoms with van der Waals surface area (Å²) in [6, 6.07) is 20.5. The number of hydrogen-bond donors (Lipinski definition) is 0. The van der Waals surface area contributed by atoms with Gasteiger partial charge in [0.05, 0.1) is 30.7 Å². The minimum atomic E-state index is -0.0962. The highest BCUT2D eigenvalue weighted by atomic mass is 15.6. The molecular weight excluding hydrogens is 450 g/mol. The smallest absolute Gasteiger partial charge is 0.173 e. The summed E-state index contributed by atoms with van der Waals surface area (Å²) in [6.07, 6.45) is 6.25. The molecule has 1 aliphatic heterocycles. The minimum Gasteiger partial charge on any atom is -0.283 e. The number of tetrazole rings is 1. The Morgan fingerprint density at radius 3 is 2.44 bits per heavy atom. The van der Waals surface area contributed by atoms with Crippen LogP contribution in [0, 0.1) is 0 Å². The summed E-state index contributed by atoms with van der Waals surface area (Å²) in [5, 5.41) is 22.3. The highest BCUT2D eigenvalue weighted by Gasteiger charge is 2.35. The number of hydrogen-bond acceptors (Lipinski definition) is 6. The van der Waals surface area contributed by atoms with Gasteiger partial charge in [-0.05, 0) is 34.0 Å². The van der Waals surface area contributed by atoms with Crippen molar-refractivity contribution in [1.29, 1.82) is 0 Å². The molecule has 1 atom stereocenters. The zero-order valence-electron chi connectivity index (χ0n) is 20.5. The Morgan fingerprint density at radius 1 is 0.889 bits per heavy atom. The first kappa shape index (κ1) is 22.4. The second-order valence-corrected chi connectivity index (χ2v) is 9.57. The van der Waals surface area contributed by atoms with Gasteiger partial charge in [0.1, 0.15) is 6.04 Å². The number of benzene rings is 2. The summed E-state index contributed by atoms with van der Waals surface area (Å²) in [5.74, 6) is 1.11. The summed E-state index contributed by atoms with van der Waals surface area (Å²) < 4.78 is 5.90. The molecule has 5 aromatic rings. The van der Waals surface area contributed by atoms with Crippen LogP contribution < -0.4 is 0 Å². The van der Waals surface area contributed by atoms with E-state index in [-0.39, 0.29) is 12.0 Å². The molecule has 0 saturated heterocycles. The molecule has 0 saturated carbocycles. The molecule has 0 amide bonds. The average molecular weight is 480 g/mol. The molecule has 2 aromatic carbocycles. The Hall–Kier alpha value is -4.11. The number of aromatic nitrogens is 8. The summed E-state index contributed by atoms with van der Waals surface area (Å²) in [7, 11) is 0. The molecule has 0 fully saturated rings. The van der Waals surface area contributed by atoms with Gasteiger partial charge < -0.3 is 0 Å². The van der Waals surface area contributed by atoms with Crippen molar-refractivity contribution in [3.63, 3.8) is 0 Å². The molecule has 36 heavy (non-hydrogen) atoms. The maximum atomic E-state index is 5.00. The first-order valence-electron chi connectivity index (χ1n) is 12.4. The molecule has 6 rings (SSSR count). The van der Waals surface area contributed by atoms with Gasteiger partial charge in [-0.3, -0.25) is 9.58 Å². The van der Waals surface area contributed by atoms with E-state index in [1.54, 1.807) is 0 Å². The Bertz CT molecular complexity index is 1430. The van der Waals surface area contributed by atoms with Gasteiger partial charge in [0.2, 0.25) is 0 Å². The topological polar surface area (TPSA) is 82.5 Å². The molecule has 0 radical (unpaired) electrons. The van der Waals surface area contributed by atoms with E-state index in [0.717, 1.165) is 48.9 Å². The van der Waals surface area contributed by atoms with Gasteiger partial charge >= 0.3 is 0 Å². The predicted octanol–water partition coefficient (Wildman–Crippen LogP) is 3.83. The van der Waals surface area contributed by atoms with Gasteiger partial charge in [-0.2, -0.15) is 10.2 Å². The van der Waals surface area contributed by atoms with Crippen LogP contribution in [0.2, 0.25) is 0 Å². The van der Waals surface area contributed by atoms with Crippen LogP contribution >= 0.6 is 0 Å². The normalized spacial score (nSPS) is 15.9. The van der Waals surface area contributed by atoms with Crippen molar-refractivity contribution in [2.75, 3.05) is 6.54 Å². The van der Waals surface area contributed by atoms with Crippen molar-refractivity contribution in [2.24, 2.45) is 0 Å². The fraction of sp³-hybridized carbons (Fsp3) is 0.296. The van der Waals surface area contributed by atoms with E-state index in [0.29, 0.717) is 0 Å². The molecule has 0 spiro atoms. The van der Waals surface area contributed by atoms with Crippen molar-refractivity contribution < 1.29 is 0 Å². The first-order valence-corrected chi connectivity index (χ1v) is 12.4. The molecule has 0 aliphatic carbocycles. The molecule has 1 aliphatic rings. The Kier molecular flexibility index (Phi) is 5.90. The lowest BCUT2D eigenvalue weighted by Gasteiger charge is -2.34. The molecular formula is C27H29N9. The van der Waals surface area contributed by atoms with Crippen LogP contribution in [-0.2, 0) is 19.6 Å². The van der Waals surface area contributed by atoms with Crippen molar-refractivity contribution in [2.45, 2.75) is 45.4 Å². The van der Waals surface area contributed by atoms with Crippen LogP contribution in [-0.4, -0.2) is 51.2 Å². The molecule has 0 bridgehead atoms. The van der Waals surface area contributed by atoms with Crippen LogP contribution in [0.1, 0.15) is 54.0 Å². The lowest BCUT2D eigenvalue weighted by molar-refractivity contribution is 0.163. The number of nitrogens with zero attached hydrogens (tertiary/aromatic N) is 9. The highest BCUT2D eigenvalue weighted by Crippen LogP contribution is 2.36. The summed E-state index contributed by atoms with van der Waals surface area (Å²) in [5.41, 5.74) is 5.64. The fourth-order valence-corrected chi connectivity index (χ4v) is 4.94. The standard InChI is InChI=1S/C27H29N9/c1-20(2)25-24(19-36(30-25)23-11-7-4-8-12-23)26-27-29-31-32-35(27)14-13-33(26)16-22-15-28-34(18-22)17-21-9-5-3-6-10-21/h3-12,15,18-20,26H,13-14,16-17H2,1-2H3. The molecule has 182 valence electrons. The average Bonchev–Trinajstić information content (AvgIpc) is 3.65. The zero-order valence-corrected chi connectivity index (χ0v) is 20.5. The van der Waals surface area contributed by atoms with Gasteiger partial charge in [0, 0.05) is 36.6 Å². The van der Waals surface area contributed by atoms with Crippen LogP contribution in [0.5, 0.6) is 0 Å². The number of fused-ring (bicyclic) bond motifs is 1. The number of para-hydroxylation sites is 1. The quantitative estimate of drug-likeness (QED) is 0.353. The SMILES string of the molecule is CC(C)c1nn(-c2ccccc2)cc1C1c2nnnn2CCN1Cc1cnn(Cc2ccccc2)c1. The summed E-state index contributed by atoms with van der Waals surface area (Å²) >= 11 is 0. The second-order valence-electron chi connectivity index (χ2n) is 9.57. The van der Waals surface area contributed by atoms with Gasteiger partial charge in [-0.25, -0.2) is 9.36 Å². The molecule has 9 nitrogen and oxygen atoms in total. The van der Waals surface area contributed by atoms with Crippen molar-refractivity contribution >= 4 is 0 Å². The monoisotopic (exact) mass is 479 g/mol. The largest absolute Gasteiger partial charge is 0.283 e. The first-order chi connectivity index (χ1) is 17.7. The number of rotatable bonds is 7. The van der Waals surface area contributed by atoms with Gasteiger partial charge in [0.15, 0.2) is 5.82 Å². The maximum absolute atomic E-state index is 5.00. The molecule has 4 heterocycles. The Labute approximate surface area is 210 Å². The van der Waals surface area contributed by atoms with Crippen LogP contribution in [0.15, 0.2) is 79.3 Å². The third-order valence-corrected chi connectivity index (χ3v) is 6.66. The van der Waals surface area contributed by atoms with Crippen LogP contribution in [0.3, 0.4) is 0 Å². The molecule has 9 heteroatoms. The molecule has 1 unspecified atom stereocenters. The van der Waals surface area contributed by atoms with Gasteiger partial charge in [-0.15, -0.1) is 5.10 Å². The van der Waals surface area contributed by atoms with Crippen molar-refractivity contribution in [3.8, 4) is 5.69 Å². The predicted molar refractivity (Wildman–Crippen MR) is 135 cm³/mol. The third kappa shape index (κ3) is 4.33. The van der Waals surface area contributed by atoms with Crippen molar-refractivity contribution in [1.82, 2.24) is 44.7 Å². The van der Waals surface area contributed by atoms with Gasteiger partial charge in [-0.1, -0.05) is 62.4 Å². The molecule has 0 N–H and O–H groups in total. The van der Waals surface area contributed by atoms with Crippen LogP contribution in [0.25, 0.3) is 5.69 Å².